The molecular formula is C21H25N9O13P2. The Balaban J connectivity index is 1.17. The summed E-state index contributed by atoms with van der Waals surface area (Å²) in [4.78, 5) is 51.7. The molecule has 45 heavy (non-hydrogen) atoms. The number of fused-ring (bicyclic) bond motifs is 4. The molecule has 24 heteroatoms. The SMILES string of the molecule is Nc1nc2c(ncn2[C@@H]2O[C@@H]3COP(=O)(O)O[C@H]4[C@@H](O)[C@H](n5ccc6c(N)ncnc65)O[C@@H]4COP(=O)(O)O[C@H]3[C@H]2O)c(=O)[nH]1. The standard InChI is InChI=1S/C21H25N9O13P2/c22-15-7-1-2-29(16(7)25-5-24-15)19-11(31)13-8(40-19)3-38-45(36,37)43-14-9(4-39-44(34,35)42-13)41-20(12(14)32)30-6-26-10-17(30)27-21(23)28-18(10)33/h1-2,5-6,8-9,11-14,19-20,31-32H,3-4H2,(H,34,35)(H,36,37)(H2,22,24,25)(H3,23,27,28,33)/t8-,9-,11-,12-,13-,14-,19-,20-/m1/s1. The van der Waals surface area contributed by atoms with E-state index in [1.54, 1.807) is 6.07 Å². The molecule has 0 spiro atoms. The van der Waals surface area contributed by atoms with Crippen LogP contribution in [0.1, 0.15) is 12.5 Å². The number of hydrogen-bond donors (Lipinski definition) is 7. The van der Waals surface area contributed by atoms with Crippen molar-refractivity contribution in [3.63, 3.8) is 0 Å². The summed E-state index contributed by atoms with van der Waals surface area (Å²) in [5.41, 5.74) is 10.8. The van der Waals surface area contributed by atoms with E-state index < -0.39 is 83.5 Å². The smallest absolute Gasteiger partial charge is 0.386 e. The van der Waals surface area contributed by atoms with Crippen LogP contribution < -0.4 is 17.0 Å². The summed E-state index contributed by atoms with van der Waals surface area (Å²) >= 11 is 0. The predicted octanol–water partition coefficient (Wildman–Crippen LogP) is -1.74. The number of aliphatic hydroxyl groups excluding tert-OH is 2. The average Bonchev–Trinajstić information content (AvgIpc) is 3.72. The van der Waals surface area contributed by atoms with Gasteiger partial charge >= 0.3 is 15.6 Å². The van der Waals surface area contributed by atoms with Crippen molar-refractivity contribution in [3.8, 4) is 0 Å². The largest absolute Gasteiger partial charge is 0.472 e. The van der Waals surface area contributed by atoms with Gasteiger partial charge in [0.25, 0.3) is 5.56 Å². The first-order chi connectivity index (χ1) is 21.3. The zero-order valence-corrected chi connectivity index (χ0v) is 24.3. The number of nitrogens with zero attached hydrogens (tertiary/aromatic N) is 6. The number of phosphoric ester groups is 2. The Kier molecular flexibility index (Phi) is 7.32. The fraction of sp³-hybridized carbons (Fsp3) is 0.476. The minimum absolute atomic E-state index is 0.101. The third-order valence-electron chi connectivity index (χ3n) is 7.47. The first kappa shape index (κ1) is 30.3. The molecule has 7 heterocycles. The molecule has 9 N–H and O–H groups in total. The predicted molar refractivity (Wildman–Crippen MR) is 146 cm³/mol. The van der Waals surface area contributed by atoms with E-state index in [0.717, 1.165) is 10.9 Å². The normalized spacial score (nSPS) is 37.7. The maximum atomic E-state index is 13.1. The molecule has 22 nitrogen and oxygen atoms in total. The van der Waals surface area contributed by atoms with Gasteiger partial charge in [-0.15, -0.1) is 0 Å². The highest BCUT2D eigenvalue weighted by Gasteiger charge is 2.54. The number of aromatic amines is 1. The van der Waals surface area contributed by atoms with Crippen LogP contribution >= 0.6 is 15.6 Å². The van der Waals surface area contributed by atoms with Crippen LogP contribution in [0.15, 0.2) is 29.7 Å². The van der Waals surface area contributed by atoms with Gasteiger partial charge in [-0.25, -0.2) is 24.1 Å². The van der Waals surface area contributed by atoms with E-state index >= 15 is 0 Å². The van der Waals surface area contributed by atoms with Gasteiger partial charge in [0.1, 0.15) is 54.4 Å². The molecule has 10 atom stereocenters. The second-order valence-electron chi connectivity index (χ2n) is 10.3. The average molecular weight is 673 g/mol. The number of H-pyrrole nitrogens is 1. The molecule has 7 rings (SSSR count). The van der Waals surface area contributed by atoms with Crippen molar-refractivity contribution in [2.75, 3.05) is 24.7 Å². The minimum atomic E-state index is -5.04. The summed E-state index contributed by atoms with van der Waals surface area (Å²) < 4.78 is 61.1. The van der Waals surface area contributed by atoms with Gasteiger partial charge in [-0.05, 0) is 6.07 Å². The molecule has 4 aromatic heterocycles. The molecule has 0 radical (unpaired) electrons. The van der Waals surface area contributed by atoms with Crippen molar-refractivity contribution < 1.29 is 56.7 Å². The van der Waals surface area contributed by atoms with E-state index in [1.165, 1.54) is 17.1 Å². The number of nitrogen functional groups attached to an aromatic ring is 2. The Morgan fingerprint density at radius 1 is 0.889 bits per heavy atom. The Hall–Kier alpha value is -3.37. The van der Waals surface area contributed by atoms with Crippen molar-refractivity contribution in [2.24, 2.45) is 0 Å². The highest BCUT2D eigenvalue weighted by Crippen LogP contribution is 2.53. The molecule has 4 aromatic rings. The number of nitrogens with two attached hydrogens (primary N) is 2. The third-order valence-corrected chi connectivity index (χ3v) is 9.44. The van der Waals surface area contributed by atoms with E-state index in [1.807, 2.05) is 0 Å². The maximum absolute atomic E-state index is 13.1. The summed E-state index contributed by atoms with van der Waals surface area (Å²) in [6, 6.07) is 1.56. The summed E-state index contributed by atoms with van der Waals surface area (Å²) in [6.45, 7) is -1.62. The van der Waals surface area contributed by atoms with Crippen molar-refractivity contribution in [1.82, 2.24) is 34.1 Å². The number of nitrogens with one attached hydrogen (secondary N) is 1. The number of aliphatic hydroxyl groups is 2. The number of hydrogen-bond acceptors (Lipinski definition) is 17. The van der Waals surface area contributed by atoms with E-state index in [0.29, 0.717) is 5.39 Å². The van der Waals surface area contributed by atoms with E-state index in [2.05, 4.69) is 24.9 Å². The molecule has 3 aliphatic rings. The first-order valence-corrected chi connectivity index (χ1v) is 16.1. The summed E-state index contributed by atoms with van der Waals surface area (Å²) in [5.74, 6) is -0.115. The Morgan fingerprint density at radius 3 is 2.11 bits per heavy atom. The van der Waals surface area contributed by atoms with E-state index in [-0.39, 0.29) is 28.6 Å². The fourth-order valence-electron chi connectivity index (χ4n) is 5.46. The second kappa shape index (κ2) is 10.9. The summed E-state index contributed by atoms with van der Waals surface area (Å²) in [5, 5.41) is 22.7. The van der Waals surface area contributed by atoms with Gasteiger partial charge in [0.15, 0.2) is 23.6 Å². The van der Waals surface area contributed by atoms with Crippen LogP contribution in [0.25, 0.3) is 22.2 Å². The van der Waals surface area contributed by atoms with Gasteiger partial charge in [-0.3, -0.25) is 32.4 Å². The highest BCUT2D eigenvalue weighted by atomic mass is 31.2. The summed E-state index contributed by atoms with van der Waals surface area (Å²) in [6.07, 6.45) is -8.62. The van der Waals surface area contributed by atoms with Crippen LogP contribution in [0.4, 0.5) is 11.8 Å². The third kappa shape index (κ3) is 5.33. The molecule has 2 unspecified atom stereocenters. The Bertz CT molecular complexity index is 1930. The monoisotopic (exact) mass is 673 g/mol. The minimum Gasteiger partial charge on any atom is -0.386 e. The second-order valence-corrected chi connectivity index (χ2v) is 13.1. The molecule has 0 saturated carbocycles. The number of ether oxygens (including phenoxy) is 2. The zero-order chi connectivity index (χ0) is 31.8. The van der Waals surface area contributed by atoms with Crippen LogP contribution in [-0.4, -0.2) is 104 Å². The molecule has 3 fully saturated rings. The van der Waals surface area contributed by atoms with Gasteiger partial charge in [-0.1, -0.05) is 0 Å². The van der Waals surface area contributed by atoms with E-state index in [4.69, 9.17) is 39.0 Å². The Labute approximate surface area is 249 Å². The van der Waals surface area contributed by atoms with Crippen LogP contribution in [0.2, 0.25) is 0 Å². The molecule has 0 bridgehead atoms. The molecule has 0 amide bonds. The lowest BCUT2D eigenvalue weighted by atomic mass is 10.1. The fourth-order valence-corrected chi connectivity index (χ4v) is 7.38. The van der Waals surface area contributed by atoms with E-state index in [9.17, 15) is 33.9 Å². The topological polar surface area (TPSA) is 317 Å². The van der Waals surface area contributed by atoms with Crippen molar-refractivity contribution in [3.05, 3.63) is 35.3 Å². The van der Waals surface area contributed by atoms with Crippen molar-refractivity contribution >= 4 is 49.6 Å². The van der Waals surface area contributed by atoms with Gasteiger partial charge in [-0.2, -0.15) is 4.98 Å². The number of anilines is 2. The molecule has 0 aromatic carbocycles. The number of phosphoric acid groups is 2. The lowest BCUT2D eigenvalue weighted by Crippen LogP contribution is -2.39. The van der Waals surface area contributed by atoms with Crippen molar-refractivity contribution in [1.29, 1.82) is 0 Å². The lowest BCUT2D eigenvalue weighted by Gasteiger charge is -2.27. The number of aromatic nitrogens is 7. The molecule has 3 aliphatic heterocycles. The van der Waals surface area contributed by atoms with Gasteiger partial charge in [0.05, 0.1) is 24.9 Å². The van der Waals surface area contributed by atoms with Crippen LogP contribution in [0, 0.1) is 0 Å². The van der Waals surface area contributed by atoms with Gasteiger partial charge in [0.2, 0.25) is 5.95 Å². The lowest BCUT2D eigenvalue weighted by molar-refractivity contribution is -0.0663. The molecular weight excluding hydrogens is 648 g/mol. The quantitative estimate of drug-likeness (QED) is 0.116. The molecule has 3 saturated heterocycles. The summed E-state index contributed by atoms with van der Waals surface area (Å²) in [7, 11) is -10.1. The molecule has 0 aliphatic carbocycles. The van der Waals surface area contributed by atoms with Crippen LogP contribution in [-0.2, 0) is 36.7 Å². The number of imidazole rings is 1. The van der Waals surface area contributed by atoms with Crippen LogP contribution in [0.5, 0.6) is 0 Å². The zero-order valence-electron chi connectivity index (χ0n) is 22.5. The Morgan fingerprint density at radius 2 is 1.49 bits per heavy atom. The van der Waals surface area contributed by atoms with Crippen LogP contribution in [0.3, 0.4) is 0 Å². The first-order valence-electron chi connectivity index (χ1n) is 13.1. The van der Waals surface area contributed by atoms with Gasteiger partial charge < -0.3 is 45.5 Å². The molecule has 242 valence electrons. The van der Waals surface area contributed by atoms with Gasteiger partial charge in [0, 0.05) is 6.20 Å². The number of rotatable bonds is 2. The van der Waals surface area contributed by atoms with Crippen molar-refractivity contribution in [2.45, 2.75) is 49.1 Å². The highest BCUT2D eigenvalue weighted by molar-refractivity contribution is 7.47. The maximum Gasteiger partial charge on any atom is 0.472 e.